The Morgan fingerprint density at radius 3 is 3.00 bits per heavy atom. The van der Waals surface area contributed by atoms with Gasteiger partial charge in [-0.25, -0.2) is 0 Å². The quantitative estimate of drug-likeness (QED) is 0.795. The zero-order valence-corrected chi connectivity index (χ0v) is 13.2. The van der Waals surface area contributed by atoms with Gasteiger partial charge in [0.25, 0.3) is 0 Å². The van der Waals surface area contributed by atoms with E-state index in [1.165, 1.54) is 37.8 Å². The van der Waals surface area contributed by atoms with Crippen molar-refractivity contribution in [1.82, 2.24) is 15.1 Å². The Kier molecular flexibility index (Phi) is 6.05. The van der Waals surface area contributed by atoms with Crippen molar-refractivity contribution in [3.05, 3.63) is 17.5 Å². The molecular formula is C16H29N3O. The third-order valence-corrected chi connectivity index (χ3v) is 4.10. The van der Waals surface area contributed by atoms with E-state index in [0.717, 1.165) is 25.3 Å². The number of aryl methyl sites for hydroxylation is 2. The van der Waals surface area contributed by atoms with E-state index in [1.807, 2.05) is 11.7 Å². The highest BCUT2D eigenvalue weighted by atomic mass is 16.5. The number of hydrogen-bond acceptors (Lipinski definition) is 3. The predicted octanol–water partition coefficient (Wildman–Crippen LogP) is 2.60. The molecule has 0 bridgehead atoms. The van der Waals surface area contributed by atoms with Crippen molar-refractivity contribution in [2.75, 3.05) is 13.2 Å². The fourth-order valence-corrected chi connectivity index (χ4v) is 2.99. The minimum absolute atomic E-state index is 0.495. The molecule has 1 aliphatic heterocycles. The molecule has 0 aliphatic carbocycles. The van der Waals surface area contributed by atoms with Gasteiger partial charge in [-0.05, 0) is 51.6 Å². The molecule has 2 rings (SSSR count). The molecule has 2 atom stereocenters. The van der Waals surface area contributed by atoms with Crippen LogP contribution in [0.2, 0.25) is 0 Å². The van der Waals surface area contributed by atoms with E-state index in [0.29, 0.717) is 12.1 Å². The minimum atomic E-state index is 0.495. The molecule has 0 radical (unpaired) electrons. The molecule has 1 saturated heterocycles. The number of rotatable bonds is 8. The standard InChI is InChI=1S/C16H29N3O/c1-4-9-17-14(7-8-16-6-5-10-20-16)12-15-11-13(2)18-19(15)3/h11,14,16-17H,4-10,12H2,1-3H3. The fraction of sp³-hybridized carbons (Fsp3) is 0.812. The maximum Gasteiger partial charge on any atom is 0.0596 e. The first-order valence-electron chi connectivity index (χ1n) is 8.03. The normalized spacial score (nSPS) is 20.4. The lowest BCUT2D eigenvalue weighted by Crippen LogP contribution is -2.33. The highest BCUT2D eigenvalue weighted by molar-refractivity contribution is 5.10. The zero-order valence-electron chi connectivity index (χ0n) is 13.2. The lowest BCUT2D eigenvalue weighted by molar-refractivity contribution is 0.0995. The second-order valence-corrected chi connectivity index (χ2v) is 5.97. The molecule has 4 nitrogen and oxygen atoms in total. The molecule has 0 amide bonds. The van der Waals surface area contributed by atoms with E-state index in [2.05, 4.69) is 30.3 Å². The lowest BCUT2D eigenvalue weighted by atomic mass is 10.0. The van der Waals surface area contributed by atoms with Crippen molar-refractivity contribution in [1.29, 1.82) is 0 Å². The van der Waals surface area contributed by atoms with Gasteiger partial charge in [0.05, 0.1) is 11.8 Å². The number of nitrogens with zero attached hydrogens (tertiary/aromatic N) is 2. The van der Waals surface area contributed by atoms with Gasteiger partial charge in [0.15, 0.2) is 0 Å². The van der Waals surface area contributed by atoms with Crippen LogP contribution in [0.4, 0.5) is 0 Å². The van der Waals surface area contributed by atoms with Gasteiger partial charge in [-0.2, -0.15) is 5.10 Å². The molecule has 2 heterocycles. The van der Waals surface area contributed by atoms with Crippen molar-refractivity contribution in [3.63, 3.8) is 0 Å². The smallest absolute Gasteiger partial charge is 0.0596 e. The summed E-state index contributed by atoms with van der Waals surface area (Å²) in [7, 11) is 2.04. The van der Waals surface area contributed by atoms with Gasteiger partial charge in [0.2, 0.25) is 0 Å². The molecule has 1 N–H and O–H groups in total. The van der Waals surface area contributed by atoms with E-state index in [1.54, 1.807) is 0 Å². The van der Waals surface area contributed by atoms with Crippen LogP contribution in [0.1, 0.15) is 50.4 Å². The SMILES string of the molecule is CCCNC(CCC1CCCO1)Cc1cc(C)nn1C. The van der Waals surface area contributed by atoms with Gasteiger partial charge >= 0.3 is 0 Å². The highest BCUT2D eigenvalue weighted by Gasteiger charge is 2.18. The van der Waals surface area contributed by atoms with Crippen LogP contribution in [0.15, 0.2) is 6.07 Å². The largest absolute Gasteiger partial charge is 0.378 e. The molecule has 1 aromatic rings. The predicted molar refractivity (Wildman–Crippen MR) is 81.9 cm³/mol. The van der Waals surface area contributed by atoms with Crippen molar-refractivity contribution >= 4 is 0 Å². The fourth-order valence-electron chi connectivity index (χ4n) is 2.99. The van der Waals surface area contributed by atoms with Crippen molar-refractivity contribution < 1.29 is 4.74 Å². The average Bonchev–Trinajstić information content (AvgIpc) is 3.03. The van der Waals surface area contributed by atoms with E-state index in [9.17, 15) is 0 Å². The Morgan fingerprint density at radius 2 is 2.40 bits per heavy atom. The van der Waals surface area contributed by atoms with E-state index >= 15 is 0 Å². The molecule has 1 aliphatic rings. The first-order chi connectivity index (χ1) is 9.69. The second kappa shape index (κ2) is 7.79. The maximum atomic E-state index is 5.74. The third kappa shape index (κ3) is 4.60. The molecule has 0 saturated carbocycles. The van der Waals surface area contributed by atoms with Crippen LogP contribution >= 0.6 is 0 Å². The Labute approximate surface area is 122 Å². The topological polar surface area (TPSA) is 39.1 Å². The molecule has 0 aromatic carbocycles. The van der Waals surface area contributed by atoms with Gasteiger partial charge < -0.3 is 10.1 Å². The first kappa shape index (κ1) is 15.5. The molecule has 1 fully saturated rings. The summed E-state index contributed by atoms with van der Waals surface area (Å²) in [5.74, 6) is 0. The van der Waals surface area contributed by atoms with E-state index < -0.39 is 0 Å². The molecule has 0 spiro atoms. The molecule has 1 aromatic heterocycles. The van der Waals surface area contributed by atoms with Gasteiger partial charge in [-0.15, -0.1) is 0 Å². The first-order valence-corrected chi connectivity index (χ1v) is 8.03. The monoisotopic (exact) mass is 279 g/mol. The highest BCUT2D eigenvalue weighted by Crippen LogP contribution is 2.19. The summed E-state index contributed by atoms with van der Waals surface area (Å²) in [6.45, 7) is 6.33. The summed E-state index contributed by atoms with van der Waals surface area (Å²) in [6.07, 6.45) is 7.58. The van der Waals surface area contributed by atoms with Crippen molar-refractivity contribution in [3.8, 4) is 0 Å². The van der Waals surface area contributed by atoms with Crippen LogP contribution in [0.25, 0.3) is 0 Å². The van der Waals surface area contributed by atoms with Crippen molar-refractivity contribution in [2.24, 2.45) is 7.05 Å². The maximum absolute atomic E-state index is 5.74. The Bertz CT molecular complexity index is 396. The summed E-state index contributed by atoms with van der Waals surface area (Å²) in [5, 5.41) is 8.13. The summed E-state index contributed by atoms with van der Waals surface area (Å²) in [5.41, 5.74) is 2.43. The molecule has 114 valence electrons. The van der Waals surface area contributed by atoms with Gasteiger partial charge in [0, 0.05) is 31.8 Å². The summed E-state index contributed by atoms with van der Waals surface area (Å²) < 4.78 is 7.76. The van der Waals surface area contributed by atoms with E-state index in [-0.39, 0.29) is 0 Å². The molecular weight excluding hydrogens is 250 g/mol. The third-order valence-electron chi connectivity index (χ3n) is 4.10. The Hall–Kier alpha value is -0.870. The number of hydrogen-bond donors (Lipinski definition) is 1. The number of nitrogens with one attached hydrogen (secondary N) is 1. The summed E-state index contributed by atoms with van der Waals surface area (Å²) >= 11 is 0. The van der Waals surface area contributed by atoms with Crippen LogP contribution in [0.3, 0.4) is 0 Å². The molecule has 2 unspecified atom stereocenters. The average molecular weight is 279 g/mol. The van der Waals surface area contributed by atoms with Crippen LogP contribution in [0, 0.1) is 6.92 Å². The minimum Gasteiger partial charge on any atom is -0.378 e. The van der Waals surface area contributed by atoms with Crippen molar-refractivity contribution in [2.45, 2.75) is 64.5 Å². The van der Waals surface area contributed by atoms with Gasteiger partial charge in [-0.1, -0.05) is 6.92 Å². The number of ether oxygens (including phenoxy) is 1. The number of aromatic nitrogens is 2. The van der Waals surface area contributed by atoms with Crippen LogP contribution in [-0.4, -0.2) is 35.1 Å². The molecule has 20 heavy (non-hydrogen) atoms. The summed E-state index contributed by atoms with van der Waals surface area (Å²) in [6, 6.07) is 2.74. The van der Waals surface area contributed by atoms with Crippen LogP contribution in [-0.2, 0) is 18.2 Å². The van der Waals surface area contributed by atoms with Gasteiger partial charge in [-0.3, -0.25) is 4.68 Å². The second-order valence-electron chi connectivity index (χ2n) is 5.97. The van der Waals surface area contributed by atoms with Gasteiger partial charge in [0.1, 0.15) is 0 Å². The van der Waals surface area contributed by atoms with Crippen LogP contribution < -0.4 is 5.32 Å². The Morgan fingerprint density at radius 1 is 1.55 bits per heavy atom. The lowest BCUT2D eigenvalue weighted by Gasteiger charge is -2.20. The zero-order chi connectivity index (χ0) is 14.4. The Balaban J connectivity index is 1.86. The summed E-state index contributed by atoms with van der Waals surface area (Å²) in [4.78, 5) is 0. The van der Waals surface area contributed by atoms with E-state index in [4.69, 9.17) is 4.74 Å². The van der Waals surface area contributed by atoms with Crippen LogP contribution in [0.5, 0.6) is 0 Å². The molecule has 4 heteroatoms.